The molecule has 16 heavy (non-hydrogen) atoms. The van der Waals surface area contributed by atoms with E-state index in [-0.39, 0.29) is 12.0 Å². The van der Waals surface area contributed by atoms with Gasteiger partial charge in [-0.15, -0.1) is 0 Å². The standard InChI is InChI=1S/C12H27NO2S/c1-5-12(6-2,10-14)9-13-11(3)7-8-16(4)15/h11,13-14H,5-10H2,1-4H3. The maximum Gasteiger partial charge on any atom is 0.0499 e. The van der Waals surface area contributed by atoms with E-state index in [0.717, 1.165) is 31.6 Å². The largest absolute Gasteiger partial charge is 0.396 e. The highest BCUT2D eigenvalue weighted by Crippen LogP contribution is 2.24. The quantitative estimate of drug-likeness (QED) is 0.651. The molecule has 2 atom stereocenters. The minimum Gasteiger partial charge on any atom is -0.396 e. The SMILES string of the molecule is CCC(CC)(CO)CNC(C)CCS(C)=O. The molecule has 2 unspecified atom stereocenters. The first-order chi connectivity index (χ1) is 7.49. The van der Waals surface area contributed by atoms with Crippen LogP contribution in [0, 0.1) is 5.41 Å². The molecule has 98 valence electrons. The van der Waals surface area contributed by atoms with E-state index in [9.17, 15) is 9.32 Å². The van der Waals surface area contributed by atoms with Crippen molar-refractivity contribution in [2.75, 3.05) is 25.2 Å². The first kappa shape index (κ1) is 16.1. The third-order valence-electron chi connectivity index (χ3n) is 3.50. The third-order valence-corrected chi connectivity index (χ3v) is 4.31. The van der Waals surface area contributed by atoms with Crippen molar-refractivity contribution >= 4 is 10.8 Å². The van der Waals surface area contributed by atoms with Gasteiger partial charge in [0.15, 0.2) is 0 Å². The molecule has 0 aliphatic rings. The van der Waals surface area contributed by atoms with Crippen LogP contribution >= 0.6 is 0 Å². The third kappa shape index (κ3) is 5.97. The van der Waals surface area contributed by atoms with Crippen molar-refractivity contribution < 1.29 is 9.32 Å². The van der Waals surface area contributed by atoms with Gasteiger partial charge in [-0.25, -0.2) is 0 Å². The summed E-state index contributed by atoms with van der Waals surface area (Å²) in [4.78, 5) is 0. The molecule has 0 saturated heterocycles. The van der Waals surface area contributed by atoms with E-state index < -0.39 is 10.8 Å². The summed E-state index contributed by atoms with van der Waals surface area (Å²) in [5.41, 5.74) is 0.0135. The van der Waals surface area contributed by atoms with Crippen molar-refractivity contribution in [3.63, 3.8) is 0 Å². The molecule has 0 bridgehead atoms. The van der Waals surface area contributed by atoms with Gasteiger partial charge < -0.3 is 10.4 Å². The molecule has 2 N–H and O–H groups in total. The van der Waals surface area contributed by atoms with E-state index in [0.29, 0.717) is 6.04 Å². The van der Waals surface area contributed by atoms with E-state index in [2.05, 4.69) is 26.1 Å². The minimum absolute atomic E-state index is 0.0135. The van der Waals surface area contributed by atoms with Crippen LogP contribution < -0.4 is 5.32 Å². The first-order valence-electron chi connectivity index (χ1n) is 6.14. The van der Waals surface area contributed by atoms with Gasteiger partial charge in [0.1, 0.15) is 0 Å². The van der Waals surface area contributed by atoms with E-state index in [1.807, 2.05) is 0 Å². The molecular weight excluding hydrogens is 222 g/mol. The number of hydrogen-bond acceptors (Lipinski definition) is 3. The summed E-state index contributed by atoms with van der Waals surface area (Å²) in [6, 6.07) is 0.368. The van der Waals surface area contributed by atoms with Crippen LogP contribution in [0.15, 0.2) is 0 Å². The van der Waals surface area contributed by atoms with Gasteiger partial charge in [0.05, 0.1) is 0 Å². The number of aliphatic hydroxyl groups is 1. The fourth-order valence-electron chi connectivity index (χ4n) is 1.62. The molecule has 3 nitrogen and oxygen atoms in total. The molecule has 0 fully saturated rings. The van der Waals surface area contributed by atoms with Gasteiger partial charge in [0, 0.05) is 47.4 Å². The fourth-order valence-corrected chi connectivity index (χ4v) is 2.30. The molecule has 0 aliphatic carbocycles. The molecule has 0 saturated carbocycles. The second-order valence-electron chi connectivity index (χ2n) is 4.71. The summed E-state index contributed by atoms with van der Waals surface area (Å²) in [6.07, 6.45) is 4.64. The zero-order valence-electron chi connectivity index (χ0n) is 11.1. The van der Waals surface area contributed by atoms with Crippen molar-refractivity contribution in [3.8, 4) is 0 Å². The molecule has 0 amide bonds. The highest BCUT2D eigenvalue weighted by molar-refractivity contribution is 7.84. The smallest absolute Gasteiger partial charge is 0.0499 e. The summed E-state index contributed by atoms with van der Waals surface area (Å²) >= 11 is 0. The van der Waals surface area contributed by atoms with Crippen molar-refractivity contribution in [2.45, 2.75) is 46.1 Å². The first-order valence-corrected chi connectivity index (χ1v) is 7.86. The zero-order valence-corrected chi connectivity index (χ0v) is 11.9. The summed E-state index contributed by atoms with van der Waals surface area (Å²) in [6.45, 7) is 7.42. The van der Waals surface area contributed by atoms with Crippen molar-refractivity contribution in [2.24, 2.45) is 5.41 Å². The molecule has 0 aromatic carbocycles. The van der Waals surface area contributed by atoms with E-state index in [1.54, 1.807) is 6.26 Å². The van der Waals surface area contributed by atoms with Crippen LogP contribution in [-0.2, 0) is 10.8 Å². The van der Waals surface area contributed by atoms with Crippen LogP contribution in [0.2, 0.25) is 0 Å². The summed E-state index contributed by atoms with van der Waals surface area (Å²) in [7, 11) is -0.706. The van der Waals surface area contributed by atoms with E-state index in [1.165, 1.54) is 0 Å². The molecule has 0 radical (unpaired) electrons. The predicted molar refractivity (Wildman–Crippen MR) is 71.1 cm³/mol. The number of nitrogens with one attached hydrogen (secondary N) is 1. The number of aliphatic hydroxyl groups excluding tert-OH is 1. The van der Waals surface area contributed by atoms with E-state index >= 15 is 0 Å². The highest BCUT2D eigenvalue weighted by atomic mass is 32.2. The molecular formula is C12H27NO2S. The maximum atomic E-state index is 11.0. The van der Waals surface area contributed by atoms with Crippen LogP contribution in [0.1, 0.15) is 40.0 Å². The average Bonchev–Trinajstić information content (AvgIpc) is 2.29. The highest BCUT2D eigenvalue weighted by Gasteiger charge is 2.25. The van der Waals surface area contributed by atoms with Gasteiger partial charge in [-0.3, -0.25) is 4.21 Å². The van der Waals surface area contributed by atoms with Crippen LogP contribution in [-0.4, -0.2) is 40.5 Å². The fraction of sp³-hybridized carbons (Fsp3) is 1.00. The Hall–Kier alpha value is 0.0700. The molecule has 0 spiro atoms. The summed E-state index contributed by atoms with van der Waals surface area (Å²) < 4.78 is 11.0. The normalized spacial score (nSPS) is 16.1. The Bertz CT molecular complexity index is 197. The Kier molecular flexibility index (Phi) is 8.24. The average molecular weight is 249 g/mol. The van der Waals surface area contributed by atoms with E-state index in [4.69, 9.17) is 0 Å². The number of hydrogen-bond donors (Lipinski definition) is 2. The predicted octanol–water partition coefficient (Wildman–Crippen LogP) is 1.53. The molecule has 0 aromatic rings. The molecule has 0 aromatic heterocycles. The van der Waals surface area contributed by atoms with Crippen molar-refractivity contribution in [1.29, 1.82) is 0 Å². The van der Waals surface area contributed by atoms with Crippen LogP contribution in [0.25, 0.3) is 0 Å². The van der Waals surface area contributed by atoms with Gasteiger partial charge in [-0.1, -0.05) is 13.8 Å². The van der Waals surface area contributed by atoms with Crippen LogP contribution in [0.5, 0.6) is 0 Å². The van der Waals surface area contributed by atoms with Crippen molar-refractivity contribution in [3.05, 3.63) is 0 Å². The van der Waals surface area contributed by atoms with Crippen LogP contribution in [0.4, 0.5) is 0 Å². The van der Waals surface area contributed by atoms with Crippen LogP contribution in [0.3, 0.4) is 0 Å². The summed E-state index contributed by atoms with van der Waals surface area (Å²) in [5.74, 6) is 0.749. The number of rotatable bonds is 9. The van der Waals surface area contributed by atoms with Gasteiger partial charge in [-0.05, 0) is 26.2 Å². The molecule has 4 heteroatoms. The monoisotopic (exact) mass is 249 g/mol. The Labute approximate surface area is 102 Å². The maximum absolute atomic E-state index is 11.0. The molecule has 0 heterocycles. The Morgan fingerprint density at radius 3 is 2.31 bits per heavy atom. The zero-order chi connectivity index (χ0) is 12.6. The molecule has 0 aliphatic heterocycles. The Morgan fingerprint density at radius 2 is 1.94 bits per heavy atom. The molecule has 0 rings (SSSR count). The second kappa shape index (κ2) is 8.20. The topological polar surface area (TPSA) is 49.3 Å². The lowest BCUT2D eigenvalue weighted by Gasteiger charge is -2.31. The Balaban J connectivity index is 3.96. The van der Waals surface area contributed by atoms with Gasteiger partial charge in [-0.2, -0.15) is 0 Å². The van der Waals surface area contributed by atoms with Gasteiger partial charge >= 0.3 is 0 Å². The lowest BCUT2D eigenvalue weighted by atomic mass is 9.83. The lowest BCUT2D eigenvalue weighted by molar-refractivity contribution is 0.110. The summed E-state index contributed by atoms with van der Waals surface area (Å²) in [5, 5.41) is 12.9. The van der Waals surface area contributed by atoms with Gasteiger partial charge in [0.2, 0.25) is 0 Å². The second-order valence-corrected chi connectivity index (χ2v) is 6.27. The Morgan fingerprint density at radius 1 is 1.38 bits per heavy atom. The van der Waals surface area contributed by atoms with Gasteiger partial charge in [0.25, 0.3) is 0 Å². The minimum atomic E-state index is -0.706. The van der Waals surface area contributed by atoms with Crippen molar-refractivity contribution in [1.82, 2.24) is 5.32 Å². The lowest BCUT2D eigenvalue weighted by Crippen LogP contribution is -2.40.